The van der Waals surface area contributed by atoms with Crippen LogP contribution in [0.4, 0.5) is 13.2 Å². The summed E-state index contributed by atoms with van der Waals surface area (Å²) in [5, 5.41) is 12.1. The molecule has 0 aliphatic heterocycles. The van der Waals surface area contributed by atoms with E-state index in [4.69, 9.17) is 10.00 Å². The first kappa shape index (κ1) is 18.2. The molecular weight excluding hydrogens is 281 g/mol. The fourth-order valence-corrected chi connectivity index (χ4v) is 2.60. The van der Waals surface area contributed by atoms with Crippen LogP contribution >= 0.6 is 0 Å². The van der Waals surface area contributed by atoms with E-state index in [-0.39, 0.29) is 17.6 Å². The molecule has 0 spiro atoms. The van der Waals surface area contributed by atoms with Crippen LogP contribution in [-0.2, 0) is 4.74 Å². The van der Waals surface area contributed by atoms with Gasteiger partial charge in [0.1, 0.15) is 6.61 Å². The first-order valence-electron chi connectivity index (χ1n) is 7.50. The second-order valence-electron chi connectivity index (χ2n) is 6.61. The van der Waals surface area contributed by atoms with Crippen molar-refractivity contribution in [1.29, 1.82) is 5.26 Å². The number of nitriles is 1. The third kappa shape index (κ3) is 8.27. The average Bonchev–Trinajstić information content (AvgIpc) is 2.41. The van der Waals surface area contributed by atoms with Gasteiger partial charge in [-0.15, -0.1) is 0 Å². The van der Waals surface area contributed by atoms with Crippen LogP contribution in [0.15, 0.2) is 0 Å². The van der Waals surface area contributed by atoms with Crippen molar-refractivity contribution in [2.45, 2.75) is 70.7 Å². The molecular formula is C15H25F3N2O. The van der Waals surface area contributed by atoms with Gasteiger partial charge in [-0.05, 0) is 37.5 Å². The molecule has 6 heteroatoms. The number of alkyl halides is 3. The van der Waals surface area contributed by atoms with E-state index in [1.54, 1.807) is 0 Å². The molecule has 0 radical (unpaired) electrons. The number of hydrogen-bond acceptors (Lipinski definition) is 3. The molecule has 1 fully saturated rings. The van der Waals surface area contributed by atoms with Gasteiger partial charge >= 0.3 is 6.18 Å². The van der Waals surface area contributed by atoms with E-state index >= 15 is 0 Å². The highest BCUT2D eigenvalue weighted by atomic mass is 19.4. The van der Waals surface area contributed by atoms with Gasteiger partial charge in [0.25, 0.3) is 0 Å². The predicted octanol–water partition coefficient (Wildman–Crippen LogP) is 3.80. The Labute approximate surface area is 124 Å². The summed E-state index contributed by atoms with van der Waals surface area (Å²) in [5.41, 5.74) is 0.0233. The van der Waals surface area contributed by atoms with Crippen LogP contribution in [0.5, 0.6) is 0 Å². The number of nitrogens with one attached hydrogen (secondary N) is 1. The Balaban J connectivity index is 2.31. The highest BCUT2D eigenvalue weighted by Gasteiger charge is 2.31. The molecule has 21 heavy (non-hydrogen) atoms. The van der Waals surface area contributed by atoms with Gasteiger partial charge < -0.3 is 10.1 Å². The molecule has 1 aliphatic carbocycles. The molecule has 0 bridgehead atoms. The lowest BCUT2D eigenvalue weighted by Crippen LogP contribution is -2.42. The van der Waals surface area contributed by atoms with Crippen molar-refractivity contribution in [2.24, 2.45) is 5.41 Å². The van der Waals surface area contributed by atoms with Crippen molar-refractivity contribution in [1.82, 2.24) is 5.32 Å². The maximum absolute atomic E-state index is 12.2. The molecule has 1 N–H and O–H groups in total. The molecule has 0 saturated heterocycles. The molecule has 1 saturated carbocycles. The normalized spacial score (nSPS) is 23.8. The molecule has 0 aromatic carbocycles. The summed E-state index contributed by atoms with van der Waals surface area (Å²) in [6, 6.07) is 2.35. The minimum absolute atomic E-state index is 0.0233. The maximum atomic E-state index is 12.2. The van der Waals surface area contributed by atoms with Gasteiger partial charge in [-0.2, -0.15) is 18.4 Å². The van der Waals surface area contributed by atoms with E-state index in [9.17, 15) is 13.2 Å². The fourth-order valence-electron chi connectivity index (χ4n) is 2.60. The van der Waals surface area contributed by atoms with Crippen molar-refractivity contribution in [3.8, 4) is 6.07 Å². The quantitative estimate of drug-likeness (QED) is 0.778. The van der Waals surface area contributed by atoms with Crippen molar-refractivity contribution in [3.63, 3.8) is 0 Å². The minimum atomic E-state index is -4.25. The van der Waals surface area contributed by atoms with Crippen LogP contribution in [0, 0.1) is 16.7 Å². The molecule has 122 valence electrons. The zero-order valence-corrected chi connectivity index (χ0v) is 12.8. The second-order valence-corrected chi connectivity index (χ2v) is 6.61. The van der Waals surface area contributed by atoms with Gasteiger partial charge in [-0.1, -0.05) is 13.8 Å². The minimum Gasteiger partial charge on any atom is -0.369 e. The Morgan fingerprint density at radius 1 is 1.29 bits per heavy atom. The third-order valence-corrected chi connectivity index (χ3v) is 3.89. The smallest absolute Gasteiger partial charge is 0.369 e. The highest BCUT2D eigenvalue weighted by molar-refractivity contribution is 4.83. The number of halogens is 3. The average molecular weight is 306 g/mol. The molecule has 0 heterocycles. The largest absolute Gasteiger partial charge is 0.411 e. The number of ether oxygens (including phenoxy) is 1. The van der Waals surface area contributed by atoms with Crippen molar-refractivity contribution in [2.75, 3.05) is 13.2 Å². The Bertz CT molecular complexity index is 350. The Morgan fingerprint density at radius 3 is 2.62 bits per heavy atom. The van der Waals surface area contributed by atoms with E-state index < -0.39 is 12.8 Å². The first-order valence-corrected chi connectivity index (χ1v) is 7.50. The van der Waals surface area contributed by atoms with Crippen LogP contribution in [-0.4, -0.2) is 31.5 Å². The zero-order valence-electron chi connectivity index (χ0n) is 12.8. The summed E-state index contributed by atoms with van der Waals surface area (Å²) in [4.78, 5) is 0. The summed E-state index contributed by atoms with van der Waals surface area (Å²) in [5.74, 6) is 0. The van der Waals surface area contributed by atoms with Gasteiger partial charge in [0.2, 0.25) is 0 Å². The van der Waals surface area contributed by atoms with Gasteiger partial charge in [0.05, 0.1) is 12.2 Å². The van der Waals surface area contributed by atoms with Crippen LogP contribution < -0.4 is 5.32 Å². The van der Waals surface area contributed by atoms with E-state index in [0.29, 0.717) is 19.3 Å². The predicted molar refractivity (Wildman–Crippen MR) is 74.7 cm³/mol. The van der Waals surface area contributed by atoms with E-state index in [0.717, 1.165) is 25.8 Å². The van der Waals surface area contributed by atoms with Crippen LogP contribution in [0.1, 0.15) is 52.4 Å². The summed E-state index contributed by atoms with van der Waals surface area (Å²) in [7, 11) is 0. The van der Waals surface area contributed by atoms with Gasteiger partial charge in [0, 0.05) is 19.0 Å². The van der Waals surface area contributed by atoms with Crippen LogP contribution in [0.3, 0.4) is 0 Å². The lowest BCUT2D eigenvalue weighted by molar-refractivity contribution is -0.188. The zero-order chi connectivity index (χ0) is 15.9. The molecule has 3 nitrogen and oxygen atoms in total. The fraction of sp³-hybridized carbons (Fsp3) is 0.933. The molecule has 2 atom stereocenters. The molecule has 1 aliphatic rings. The monoisotopic (exact) mass is 306 g/mol. The Morgan fingerprint density at radius 2 is 2.00 bits per heavy atom. The van der Waals surface area contributed by atoms with Gasteiger partial charge in [-0.3, -0.25) is 0 Å². The second kappa shape index (κ2) is 8.00. The molecule has 0 amide bonds. The van der Waals surface area contributed by atoms with Crippen molar-refractivity contribution < 1.29 is 17.9 Å². The van der Waals surface area contributed by atoms with Gasteiger partial charge in [-0.25, -0.2) is 0 Å². The molecule has 2 unspecified atom stereocenters. The van der Waals surface area contributed by atoms with E-state index in [1.807, 2.05) is 0 Å². The number of hydrogen-bond donors (Lipinski definition) is 1. The molecule has 0 aromatic heterocycles. The Kier molecular flexibility index (Phi) is 6.95. The summed E-state index contributed by atoms with van der Waals surface area (Å²) in [6.07, 6.45) is -0.0247. The maximum Gasteiger partial charge on any atom is 0.411 e. The van der Waals surface area contributed by atoms with Crippen LogP contribution in [0.2, 0.25) is 0 Å². The van der Waals surface area contributed by atoms with Crippen molar-refractivity contribution in [3.05, 3.63) is 0 Å². The molecule has 1 rings (SSSR count). The lowest BCUT2D eigenvalue weighted by atomic mass is 9.86. The lowest BCUT2D eigenvalue weighted by Gasteiger charge is -2.33. The van der Waals surface area contributed by atoms with E-state index in [1.165, 1.54) is 0 Å². The van der Waals surface area contributed by atoms with E-state index in [2.05, 4.69) is 25.2 Å². The summed E-state index contributed by atoms with van der Waals surface area (Å²) in [6.45, 7) is 3.80. The number of rotatable bonds is 7. The Hall–Kier alpha value is -0.800. The topological polar surface area (TPSA) is 45.0 Å². The SMILES string of the molecule is CC(C)(CCC#N)CNC1CCCC(OCC(F)(F)F)C1. The van der Waals surface area contributed by atoms with Crippen LogP contribution in [0.25, 0.3) is 0 Å². The molecule has 0 aromatic rings. The highest BCUT2D eigenvalue weighted by Crippen LogP contribution is 2.26. The first-order chi connectivity index (χ1) is 9.72. The third-order valence-electron chi connectivity index (χ3n) is 3.89. The van der Waals surface area contributed by atoms with Crippen molar-refractivity contribution >= 4 is 0 Å². The van der Waals surface area contributed by atoms with Gasteiger partial charge in [0.15, 0.2) is 0 Å². The summed E-state index contributed by atoms with van der Waals surface area (Å²) >= 11 is 0. The standard InChI is InChI=1S/C15H25F3N2O/c1-14(2,7-4-8-19)10-20-12-5-3-6-13(9-12)21-11-15(16,17)18/h12-13,20H,3-7,9-11H2,1-2H3. The summed E-state index contributed by atoms with van der Waals surface area (Å²) < 4.78 is 41.5. The number of nitrogens with zero attached hydrogens (tertiary/aromatic N) is 1.